The molecule has 0 spiro atoms. The van der Waals surface area contributed by atoms with Crippen molar-refractivity contribution in [1.29, 1.82) is 0 Å². The Morgan fingerprint density at radius 2 is 1.67 bits per heavy atom. The predicted octanol–water partition coefficient (Wildman–Crippen LogP) is 6.63. The molecule has 1 fully saturated rings. The lowest BCUT2D eigenvalue weighted by atomic mass is 9.85. The van der Waals surface area contributed by atoms with Gasteiger partial charge >= 0.3 is 11.9 Å². The van der Waals surface area contributed by atoms with Crippen molar-refractivity contribution < 1.29 is 28.6 Å². The molecule has 1 aliphatic heterocycles. The van der Waals surface area contributed by atoms with Gasteiger partial charge in [0.25, 0.3) is 0 Å². The second-order valence-corrected chi connectivity index (χ2v) is 12.5. The molecule has 0 unspecified atom stereocenters. The number of hydrogen-bond acceptors (Lipinski definition) is 6. The Morgan fingerprint density at radius 3 is 2.28 bits per heavy atom. The third-order valence-corrected chi connectivity index (χ3v) is 7.27. The summed E-state index contributed by atoms with van der Waals surface area (Å²) in [6.07, 6.45) is 2.82. The molecule has 1 N–H and O–H groups in total. The van der Waals surface area contributed by atoms with Crippen molar-refractivity contribution in [2.75, 3.05) is 0 Å². The van der Waals surface area contributed by atoms with Gasteiger partial charge in [0.05, 0.1) is 5.92 Å². The van der Waals surface area contributed by atoms with Crippen LogP contribution >= 0.6 is 0 Å². The number of carbonyl (C=O) groups excluding carboxylic acids is 3. The summed E-state index contributed by atoms with van der Waals surface area (Å²) in [5, 5.41) is 2.86. The molecule has 43 heavy (non-hydrogen) atoms. The molecule has 0 aromatic heterocycles. The van der Waals surface area contributed by atoms with Crippen molar-refractivity contribution in [3.63, 3.8) is 0 Å². The molecule has 7 heteroatoms. The summed E-state index contributed by atoms with van der Waals surface area (Å²) in [5.74, 6) is -3.74. The maximum atomic E-state index is 13.8. The Balaban J connectivity index is 1.49. The van der Waals surface area contributed by atoms with Crippen molar-refractivity contribution in [3.8, 4) is 11.1 Å². The van der Waals surface area contributed by atoms with E-state index in [2.05, 4.69) is 30.4 Å². The predicted molar refractivity (Wildman–Crippen MR) is 166 cm³/mol. The molecule has 1 aliphatic rings. The number of amides is 1. The summed E-state index contributed by atoms with van der Waals surface area (Å²) in [6, 6.07) is 24.8. The van der Waals surface area contributed by atoms with E-state index in [-0.39, 0.29) is 13.0 Å². The molecule has 0 aliphatic carbocycles. The van der Waals surface area contributed by atoms with Crippen LogP contribution in [-0.2, 0) is 35.2 Å². The van der Waals surface area contributed by atoms with Gasteiger partial charge in [0.15, 0.2) is 6.10 Å². The summed E-state index contributed by atoms with van der Waals surface area (Å²) in [7, 11) is 0. The first kappa shape index (κ1) is 31.7. The average molecular weight is 584 g/mol. The lowest BCUT2D eigenvalue weighted by molar-refractivity contribution is -0.162. The van der Waals surface area contributed by atoms with E-state index in [0.29, 0.717) is 0 Å². The summed E-state index contributed by atoms with van der Waals surface area (Å²) in [4.78, 5) is 39.7. The molecular formula is C36H41NO6. The number of carbonyl (C=O) groups is 3. The van der Waals surface area contributed by atoms with E-state index in [1.165, 1.54) is 5.56 Å². The van der Waals surface area contributed by atoms with E-state index < -0.39 is 47.1 Å². The van der Waals surface area contributed by atoms with Crippen molar-refractivity contribution in [3.05, 3.63) is 102 Å². The second-order valence-electron chi connectivity index (χ2n) is 12.5. The highest BCUT2D eigenvalue weighted by atomic mass is 16.8. The first-order chi connectivity index (χ1) is 20.3. The van der Waals surface area contributed by atoms with E-state index >= 15 is 0 Å². The van der Waals surface area contributed by atoms with Gasteiger partial charge in [0.2, 0.25) is 11.7 Å². The lowest BCUT2D eigenvalue weighted by Crippen LogP contribution is -2.53. The third kappa shape index (κ3) is 8.64. The molecule has 0 radical (unpaired) electrons. The number of hydrogen-bond donors (Lipinski definition) is 1. The minimum absolute atomic E-state index is 0.0865. The lowest BCUT2D eigenvalue weighted by Gasteiger charge is -2.31. The minimum Gasteiger partial charge on any atom is -0.459 e. The van der Waals surface area contributed by atoms with E-state index in [0.717, 1.165) is 22.3 Å². The summed E-state index contributed by atoms with van der Waals surface area (Å²) < 4.78 is 16.8. The first-order valence-electron chi connectivity index (χ1n) is 14.6. The first-order valence-corrected chi connectivity index (χ1v) is 14.6. The zero-order chi connectivity index (χ0) is 31.2. The van der Waals surface area contributed by atoms with Crippen LogP contribution in [-0.4, -0.2) is 35.8 Å². The van der Waals surface area contributed by atoms with Crippen LogP contribution in [0.2, 0.25) is 0 Å². The van der Waals surface area contributed by atoms with Crippen LogP contribution in [0.5, 0.6) is 0 Å². The highest BCUT2D eigenvalue weighted by Crippen LogP contribution is 2.31. The quantitative estimate of drug-likeness (QED) is 0.269. The number of nitrogens with one attached hydrogen (secondary N) is 1. The van der Waals surface area contributed by atoms with Crippen molar-refractivity contribution in [1.82, 2.24) is 5.32 Å². The molecule has 1 heterocycles. The molecule has 0 bridgehead atoms. The van der Waals surface area contributed by atoms with Gasteiger partial charge in [-0.05, 0) is 41.0 Å². The number of allylic oxidation sites excluding steroid dienone is 1. The molecule has 7 nitrogen and oxygen atoms in total. The number of benzene rings is 3. The summed E-state index contributed by atoms with van der Waals surface area (Å²) >= 11 is 0. The van der Waals surface area contributed by atoms with E-state index in [9.17, 15) is 14.4 Å². The topological polar surface area (TPSA) is 90.9 Å². The minimum atomic E-state index is -1.16. The van der Waals surface area contributed by atoms with Crippen LogP contribution in [0.15, 0.2) is 84.9 Å². The standard InChI is InChI=1S/C36H41NO6/c1-24-12-10-16-28(22-24)27-20-18-25(19-21-27)15-11-17-29(30-33(39)43-36(5,6)42-30)32(38)37-31(35(2,3)4)34(40)41-23-26-13-8-7-9-14-26/h7-16,18-22,29-31H,17,23H2,1-6H3,(H,37,38)/b15-11+/t29-,30+,31-/m1/s1. The molecule has 3 atom stereocenters. The third-order valence-electron chi connectivity index (χ3n) is 7.27. The number of rotatable bonds is 10. The molecule has 1 saturated heterocycles. The summed E-state index contributed by atoms with van der Waals surface area (Å²) in [6.45, 7) is 11.0. The van der Waals surface area contributed by atoms with Crippen molar-refractivity contribution in [2.24, 2.45) is 11.3 Å². The smallest absolute Gasteiger partial charge is 0.338 e. The van der Waals surface area contributed by atoms with Gasteiger partial charge in [0.1, 0.15) is 12.6 Å². The maximum absolute atomic E-state index is 13.8. The van der Waals surface area contributed by atoms with Gasteiger partial charge in [-0.3, -0.25) is 4.79 Å². The molecule has 3 aromatic carbocycles. The van der Waals surface area contributed by atoms with Crippen LogP contribution in [0.3, 0.4) is 0 Å². The Bertz CT molecular complexity index is 1450. The fraction of sp³-hybridized carbons (Fsp3) is 0.361. The number of ether oxygens (including phenoxy) is 3. The van der Waals surface area contributed by atoms with E-state index in [4.69, 9.17) is 14.2 Å². The Morgan fingerprint density at radius 1 is 0.977 bits per heavy atom. The normalized spacial score (nSPS) is 17.7. The molecule has 1 amide bonds. The monoisotopic (exact) mass is 583 g/mol. The van der Waals surface area contributed by atoms with Gasteiger partial charge in [0, 0.05) is 13.8 Å². The molecular weight excluding hydrogens is 542 g/mol. The van der Waals surface area contributed by atoms with Crippen LogP contribution in [0, 0.1) is 18.3 Å². The number of aryl methyl sites for hydroxylation is 1. The zero-order valence-corrected chi connectivity index (χ0v) is 25.8. The van der Waals surface area contributed by atoms with Crippen LogP contribution < -0.4 is 5.32 Å². The van der Waals surface area contributed by atoms with Gasteiger partial charge < -0.3 is 19.5 Å². The van der Waals surface area contributed by atoms with Crippen LogP contribution in [0.4, 0.5) is 0 Å². The second kappa shape index (κ2) is 13.4. The van der Waals surface area contributed by atoms with Gasteiger partial charge in [-0.25, -0.2) is 9.59 Å². The van der Waals surface area contributed by atoms with Gasteiger partial charge in [-0.15, -0.1) is 0 Å². The zero-order valence-electron chi connectivity index (χ0n) is 25.8. The molecule has 226 valence electrons. The van der Waals surface area contributed by atoms with E-state index in [1.807, 2.05) is 93.6 Å². The number of cyclic esters (lactones) is 1. The highest BCUT2D eigenvalue weighted by molar-refractivity contribution is 5.91. The van der Waals surface area contributed by atoms with Gasteiger partial charge in [-0.1, -0.05) is 117 Å². The average Bonchev–Trinajstić information content (AvgIpc) is 3.24. The maximum Gasteiger partial charge on any atom is 0.338 e. The Labute approximate surface area is 254 Å². The molecule has 0 saturated carbocycles. The van der Waals surface area contributed by atoms with Crippen molar-refractivity contribution in [2.45, 2.75) is 72.5 Å². The van der Waals surface area contributed by atoms with Crippen LogP contribution in [0.1, 0.15) is 57.7 Å². The highest BCUT2D eigenvalue weighted by Gasteiger charge is 2.48. The largest absolute Gasteiger partial charge is 0.459 e. The fourth-order valence-electron chi connectivity index (χ4n) is 4.95. The van der Waals surface area contributed by atoms with Crippen LogP contribution in [0.25, 0.3) is 17.2 Å². The number of esters is 2. The van der Waals surface area contributed by atoms with Crippen molar-refractivity contribution >= 4 is 23.9 Å². The fourth-order valence-corrected chi connectivity index (χ4v) is 4.95. The van der Waals surface area contributed by atoms with E-state index in [1.54, 1.807) is 13.8 Å². The Hall–Kier alpha value is -4.23. The summed E-state index contributed by atoms with van der Waals surface area (Å²) in [5.41, 5.74) is 4.58. The van der Waals surface area contributed by atoms with Gasteiger partial charge in [-0.2, -0.15) is 0 Å². The molecule has 4 rings (SSSR count). The Kier molecular flexibility index (Phi) is 9.87. The molecule has 3 aromatic rings. The SMILES string of the molecule is Cc1cccc(-c2ccc(/C=C/C[C@@H](C(=O)N[C@H](C(=O)OCc3ccccc3)C(C)(C)C)[C@@H]3OC(C)(C)OC3=O)cc2)c1.